The van der Waals surface area contributed by atoms with E-state index in [2.05, 4.69) is 11.1 Å². The Morgan fingerprint density at radius 3 is 2.42 bits per heavy atom. The fourth-order valence-corrected chi connectivity index (χ4v) is 5.71. The largest absolute Gasteiger partial charge is 0.306 e. The van der Waals surface area contributed by atoms with Crippen molar-refractivity contribution < 1.29 is 18.4 Å². The number of piperidine rings is 1. The van der Waals surface area contributed by atoms with E-state index >= 15 is 0 Å². The highest BCUT2D eigenvalue weighted by molar-refractivity contribution is 6.30. The van der Waals surface area contributed by atoms with Crippen molar-refractivity contribution in [1.82, 2.24) is 14.8 Å². The first-order valence-corrected chi connectivity index (χ1v) is 13.1. The molecule has 2 saturated heterocycles. The van der Waals surface area contributed by atoms with Gasteiger partial charge in [0.15, 0.2) is 11.4 Å². The van der Waals surface area contributed by atoms with Gasteiger partial charge < -0.3 is 4.90 Å². The molecule has 5 rings (SSSR count). The molecule has 0 saturated carbocycles. The number of ketones is 1. The van der Waals surface area contributed by atoms with Crippen LogP contribution in [0.15, 0.2) is 54.7 Å². The fourth-order valence-electron chi connectivity index (χ4n) is 5.59. The van der Waals surface area contributed by atoms with Crippen LogP contribution in [-0.2, 0) is 4.79 Å². The number of amides is 1. The van der Waals surface area contributed by atoms with Gasteiger partial charge in [0.25, 0.3) is 5.92 Å². The second-order valence-corrected chi connectivity index (χ2v) is 10.4. The molecular weight excluding hydrogens is 510 g/mol. The average molecular weight is 537 g/mol. The maximum Gasteiger partial charge on any atom is 0.270 e. The summed E-state index contributed by atoms with van der Waals surface area (Å²) < 4.78 is 29.2. The number of likely N-dealkylation sites (tertiary alicyclic amines) is 2. The highest BCUT2D eigenvalue weighted by Gasteiger charge is 2.60. The van der Waals surface area contributed by atoms with E-state index < -0.39 is 30.5 Å². The van der Waals surface area contributed by atoms with Crippen molar-refractivity contribution in [3.8, 4) is 17.2 Å². The number of carbonyl (C=O) groups excluding carboxylic acids is 2. The molecule has 0 spiro atoms. The number of aromatic nitrogens is 1. The first-order valence-electron chi connectivity index (χ1n) is 12.7. The Hall–Kier alpha value is -3.41. The summed E-state index contributed by atoms with van der Waals surface area (Å²) in [5.41, 5.74) is 1.17. The molecule has 1 atom stereocenters. The monoisotopic (exact) mass is 536 g/mol. The maximum absolute atomic E-state index is 14.6. The molecule has 2 aliphatic rings. The maximum atomic E-state index is 14.6. The van der Waals surface area contributed by atoms with Crippen molar-refractivity contribution in [3.63, 3.8) is 0 Å². The van der Waals surface area contributed by atoms with Crippen molar-refractivity contribution in [1.29, 1.82) is 5.26 Å². The van der Waals surface area contributed by atoms with Crippen LogP contribution in [-0.4, -0.2) is 57.7 Å². The number of fused-ring (bicyclic) bond motifs is 1. The lowest BCUT2D eigenvalue weighted by Gasteiger charge is -2.43. The summed E-state index contributed by atoms with van der Waals surface area (Å²) in [4.78, 5) is 33.6. The number of nitriles is 1. The number of pyridine rings is 1. The number of hydrogen-bond donors (Lipinski definition) is 0. The Morgan fingerprint density at radius 2 is 1.71 bits per heavy atom. The zero-order valence-corrected chi connectivity index (χ0v) is 21.6. The van der Waals surface area contributed by atoms with Crippen LogP contribution < -0.4 is 0 Å². The number of benzene rings is 2. The molecule has 6 nitrogen and oxygen atoms in total. The van der Waals surface area contributed by atoms with Crippen LogP contribution in [0.4, 0.5) is 8.78 Å². The van der Waals surface area contributed by atoms with Crippen LogP contribution in [0.3, 0.4) is 0 Å². The summed E-state index contributed by atoms with van der Waals surface area (Å²) in [5, 5.41) is 11.3. The van der Waals surface area contributed by atoms with Crippen LogP contribution >= 0.6 is 11.6 Å². The van der Waals surface area contributed by atoms with Crippen LogP contribution in [0.1, 0.15) is 48.9 Å². The third-order valence-electron chi connectivity index (χ3n) is 7.49. The lowest BCUT2D eigenvalue weighted by molar-refractivity contribution is -0.140. The van der Waals surface area contributed by atoms with Gasteiger partial charge in [-0.2, -0.15) is 5.26 Å². The van der Waals surface area contributed by atoms with Gasteiger partial charge in [0, 0.05) is 48.1 Å². The molecule has 0 aliphatic carbocycles. The van der Waals surface area contributed by atoms with E-state index in [4.69, 9.17) is 11.6 Å². The zero-order chi connectivity index (χ0) is 26.9. The predicted octanol–water partition coefficient (Wildman–Crippen LogP) is 6.09. The number of hydrogen-bond acceptors (Lipinski definition) is 5. The standard InChI is InChI=1S/C29H27ClF2N4O2/c30-22-7-4-20(5-8-22)21-6-9-25-24(16-21)23(12-13-34-25)26(37)10-11-27(38)36-19-28(31,32)17-29(36,18-33)35-14-2-1-3-15-35/h4-9,12-13,16H,1-3,10-11,14-15,17,19H2/t29-/m0/s1. The fraction of sp³-hybridized carbons (Fsp3) is 0.379. The van der Waals surface area contributed by atoms with Crippen LogP contribution in [0.2, 0.25) is 5.02 Å². The van der Waals surface area contributed by atoms with Gasteiger partial charge in [0.05, 0.1) is 18.5 Å². The summed E-state index contributed by atoms with van der Waals surface area (Å²) in [6.07, 6.45) is 2.97. The second kappa shape index (κ2) is 10.4. The van der Waals surface area contributed by atoms with E-state index in [1.165, 1.54) is 6.20 Å². The van der Waals surface area contributed by atoms with Crippen LogP contribution in [0.25, 0.3) is 22.0 Å². The molecule has 0 unspecified atom stereocenters. The van der Waals surface area contributed by atoms with Crippen molar-refractivity contribution in [2.75, 3.05) is 19.6 Å². The number of nitrogens with zero attached hydrogens (tertiary/aromatic N) is 4. The second-order valence-electron chi connectivity index (χ2n) is 10.0. The smallest absolute Gasteiger partial charge is 0.270 e. The van der Waals surface area contributed by atoms with Crippen molar-refractivity contribution in [2.45, 2.75) is 50.1 Å². The number of carbonyl (C=O) groups is 2. The minimum absolute atomic E-state index is 0.160. The lowest BCUT2D eigenvalue weighted by Crippen LogP contribution is -2.59. The first kappa shape index (κ1) is 26.2. The molecule has 38 heavy (non-hydrogen) atoms. The SMILES string of the molecule is N#C[C@]1(N2CCCCC2)CC(F)(F)CN1C(=O)CCC(=O)c1ccnc2ccc(-c3ccc(Cl)cc3)cc12. The first-order chi connectivity index (χ1) is 18.2. The highest BCUT2D eigenvalue weighted by atomic mass is 35.5. The zero-order valence-electron chi connectivity index (χ0n) is 20.8. The van der Waals surface area contributed by atoms with Crippen molar-refractivity contribution in [3.05, 3.63) is 65.3 Å². The van der Waals surface area contributed by atoms with Crippen molar-refractivity contribution in [2.24, 2.45) is 0 Å². The molecule has 1 amide bonds. The Balaban J connectivity index is 1.37. The van der Waals surface area contributed by atoms with Gasteiger partial charge in [-0.15, -0.1) is 0 Å². The van der Waals surface area contributed by atoms with Gasteiger partial charge in [0.1, 0.15) is 6.07 Å². The minimum atomic E-state index is -3.16. The van der Waals surface area contributed by atoms with Gasteiger partial charge >= 0.3 is 0 Å². The van der Waals surface area contributed by atoms with E-state index in [0.29, 0.717) is 34.6 Å². The summed E-state index contributed by atoms with van der Waals surface area (Å²) >= 11 is 6.01. The third-order valence-corrected chi connectivity index (χ3v) is 7.74. The molecule has 0 radical (unpaired) electrons. The molecule has 0 N–H and O–H groups in total. The van der Waals surface area contributed by atoms with Gasteiger partial charge in [0.2, 0.25) is 5.91 Å². The van der Waals surface area contributed by atoms with Gasteiger partial charge in [-0.25, -0.2) is 8.78 Å². The Bertz CT molecular complexity index is 1420. The Labute approximate surface area is 224 Å². The summed E-state index contributed by atoms with van der Waals surface area (Å²) in [6, 6.07) is 16.6. The summed E-state index contributed by atoms with van der Waals surface area (Å²) in [5.74, 6) is -4.06. The molecule has 1 aromatic heterocycles. The minimum Gasteiger partial charge on any atom is -0.306 e. The predicted molar refractivity (Wildman–Crippen MR) is 141 cm³/mol. The molecule has 3 heterocycles. The van der Waals surface area contributed by atoms with Crippen molar-refractivity contribution >= 4 is 34.2 Å². The molecule has 2 aromatic carbocycles. The third kappa shape index (κ3) is 5.01. The van der Waals surface area contributed by atoms with Crippen LogP contribution in [0, 0.1) is 11.3 Å². The van der Waals surface area contributed by atoms with E-state index in [1.807, 2.05) is 30.3 Å². The number of rotatable bonds is 6. The normalized spacial score (nSPS) is 21.4. The quantitative estimate of drug-likeness (QED) is 0.356. The number of halogens is 3. The summed E-state index contributed by atoms with van der Waals surface area (Å²) in [7, 11) is 0. The molecule has 3 aromatic rings. The molecule has 196 valence electrons. The van der Waals surface area contributed by atoms with Crippen LogP contribution in [0.5, 0.6) is 0 Å². The van der Waals surface area contributed by atoms with Gasteiger partial charge in [-0.3, -0.25) is 19.5 Å². The number of Topliss-reactive ketones (excluding diaryl/α,β-unsaturated/α-hetero) is 1. The lowest BCUT2D eigenvalue weighted by atomic mass is 9.97. The van der Waals surface area contributed by atoms with Gasteiger partial charge in [-0.05, 0) is 54.3 Å². The molecule has 2 aliphatic heterocycles. The molecule has 0 bridgehead atoms. The molecular formula is C29H27ClF2N4O2. The van der Waals surface area contributed by atoms with Gasteiger partial charge in [-0.1, -0.05) is 36.2 Å². The van der Waals surface area contributed by atoms with E-state index in [0.717, 1.165) is 35.3 Å². The average Bonchev–Trinajstić information content (AvgIpc) is 3.23. The Kier molecular flexibility index (Phi) is 7.17. The van der Waals surface area contributed by atoms with E-state index in [-0.39, 0.29) is 18.6 Å². The highest BCUT2D eigenvalue weighted by Crippen LogP contribution is 2.43. The van der Waals surface area contributed by atoms with E-state index in [1.54, 1.807) is 23.1 Å². The summed E-state index contributed by atoms with van der Waals surface area (Å²) in [6.45, 7) is 0.170. The van der Waals surface area contributed by atoms with E-state index in [9.17, 15) is 23.6 Å². The molecule has 2 fully saturated rings. The number of alkyl halides is 2. The molecule has 9 heteroatoms. The Morgan fingerprint density at radius 1 is 1.00 bits per heavy atom. The topological polar surface area (TPSA) is 77.3 Å².